The molecule has 0 unspecified atom stereocenters. The molecule has 1 N–H and O–H groups in total. The van der Waals surface area contributed by atoms with Gasteiger partial charge in [-0.15, -0.1) is 0 Å². The van der Waals surface area contributed by atoms with Crippen LogP contribution < -0.4 is 5.32 Å². The van der Waals surface area contributed by atoms with Crippen molar-refractivity contribution in [2.75, 3.05) is 0 Å². The summed E-state index contributed by atoms with van der Waals surface area (Å²) in [5.41, 5.74) is -0.209. The van der Waals surface area contributed by atoms with Gasteiger partial charge >= 0.3 is 5.97 Å². The lowest BCUT2D eigenvalue weighted by Gasteiger charge is -2.34. The molecule has 27 heavy (non-hydrogen) atoms. The van der Waals surface area contributed by atoms with Crippen molar-refractivity contribution in [1.29, 1.82) is 0 Å². The van der Waals surface area contributed by atoms with Gasteiger partial charge in [0.15, 0.2) is 6.10 Å². The van der Waals surface area contributed by atoms with E-state index in [1.165, 1.54) is 44.9 Å². The molecule has 0 rings (SSSR count). The van der Waals surface area contributed by atoms with E-state index >= 15 is 0 Å². The summed E-state index contributed by atoms with van der Waals surface area (Å²) in [4.78, 5) is 24.3. The zero-order valence-electron chi connectivity index (χ0n) is 19.1. The summed E-state index contributed by atoms with van der Waals surface area (Å²) in [5, 5.41) is 3.01. The van der Waals surface area contributed by atoms with Crippen molar-refractivity contribution in [1.82, 2.24) is 5.32 Å². The van der Waals surface area contributed by atoms with E-state index in [2.05, 4.69) is 33.0 Å². The van der Waals surface area contributed by atoms with Crippen LogP contribution in [0, 0.1) is 5.41 Å². The topological polar surface area (TPSA) is 55.4 Å². The highest BCUT2D eigenvalue weighted by atomic mass is 16.5. The monoisotopic (exact) mass is 383 g/mol. The molecule has 0 aliphatic carbocycles. The van der Waals surface area contributed by atoms with Crippen molar-refractivity contribution in [3.8, 4) is 0 Å². The molecule has 4 nitrogen and oxygen atoms in total. The normalized spacial score (nSPS) is 13.3. The molecule has 160 valence electrons. The number of amides is 1. The number of hydrogen-bond donors (Lipinski definition) is 1. The van der Waals surface area contributed by atoms with Crippen LogP contribution in [-0.2, 0) is 14.3 Å². The fraction of sp³-hybridized carbons (Fsp3) is 0.913. The molecule has 0 saturated heterocycles. The number of unbranched alkanes of at least 4 members (excludes halogenated alkanes) is 8. The molecular formula is C23H45NO3. The van der Waals surface area contributed by atoms with Gasteiger partial charge in [-0.05, 0) is 39.0 Å². The van der Waals surface area contributed by atoms with Crippen molar-refractivity contribution >= 4 is 11.9 Å². The zero-order valence-corrected chi connectivity index (χ0v) is 19.1. The smallest absolute Gasteiger partial charge is 0.306 e. The average molecular weight is 384 g/mol. The molecule has 1 amide bonds. The third-order valence-corrected chi connectivity index (χ3v) is 4.60. The molecule has 4 heteroatoms. The van der Waals surface area contributed by atoms with E-state index in [0.717, 1.165) is 19.3 Å². The lowest BCUT2D eigenvalue weighted by Crippen LogP contribution is -2.49. The fourth-order valence-electron chi connectivity index (χ4n) is 3.69. The summed E-state index contributed by atoms with van der Waals surface area (Å²) in [6.45, 7) is 14.3. The predicted octanol–water partition coefficient (Wildman–Crippen LogP) is 6.17. The highest BCUT2D eigenvalue weighted by Crippen LogP contribution is 2.26. The molecule has 0 aromatic heterocycles. The van der Waals surface area contributed by atoms with E-state index in [1.807, 2.05) is 13.8 Å². The molecule has 0 spiro atoms. The van der Waals surface area contributed by atoms with Crippen LogP contribution in [0.15, 0.2) is 0 Å². The van der Waals surface area contributed by atoms with E-state index in [0.29, 0.717) is 6.42 Å². The number of rotatable bonds is 14. The number of hydrogen-bond acceptors (Lipinski definition) is 3. The van der Waals surface area contributed by atoms with Crippen LogP contribution in [0.3, 0.4) is 0 Å². The van der Waals surface area contributed by atoms with Crippen molar-refractivity contribution < 1.29 is 14.3 Å². The molecule has 0 aliphatic heterocycles. The van der Waals surface area contributed by atoms with Gasteiger partial charge in [0.2, 0.25) is 0 Å². The lowest BCUT2D eigenvalue weighted by molar-refractivity contribution is -0.155. The van der Waals surface area contributed by atoms with Crippen LogP contribution in [0.25, 0.3) is 0 Å². The lowest BCUT2D eigenvalue weighted by atomic mass is 9.81. The number of nitrogens with one attached hydrogen (secondary N) is 1. The molecule has 0 aromatic rings. The van der Waals surface area contributed by atoms with E-state index < -0.39 is 6.10 Å². The average Bonchev–Trinajstić information content (AvgIpc) is 2.50. The summed E-state index contributed by atoms with van der Waals surface area (Å²) in [7, 11) is 0. The van der Waals surface area contributed by atoms with Gasteiger partial charge in [-0.1, -0.05) is 79.1 Å². The first-order valence-corrected chi connectivity index (χ1v) is 11.0. The maximum absolute atomic E-state index is 12.3. The molecular weight excluding hydrogens is 338 g/mol. The van der Waals surface area contributed by atoms with Crippen molar-refractivity contribution in [3.05, 3.63) is 0 Å². The molecule has 0 heterocycles. The van der Waals surface area contributed by atoms with Gasteiger partial charge in [0.25, 0.3) is 5.91 Å². The highest BCUT2D eigenvalue weighted by Gasteiger charge is 2.29. The Kier molecular flexibility index (Phi) is 12.7. The van der Waals surface area contributed by atoms with Gasteiger partial charge in [-0.3, -0.25) is 9.59 Å². The standard InChI is InChI=1S/C23H45NO3/c1-8-9-10-11-12-13-14-15-16-17-20(25)27-19(2)21(26)24-23(6,7)18-22(3,4)5/h19H,8-18H2,1-7H3,(H,24,26)/t19-/m1/s1. The van der Waals surface area contributed by atoms with Crippen LogP contribution in [0.4, 0.5) is 0 Å². The van der Waals surface area contributed by atoms with E-state index in [4.69, 9.17) is 4.74 Å². The van der Waals surface area contributed by atoms with E-state index in [1.54, 1.807) is 6.92 Å². The Morgan fingerprint density at radius 1 is 0.852 bits per heavy atom. The second-order valence-electron chi connectivity index (χ2n) is 9.82. The van der Waals surface area contributed by atoms with Crippen LogP contribution in [0.2, 0.25) is 0 Å². The van der Waals surface area contributed by atoms with Gasteiger partial charge in [-0.2, -0.15) is 0 Å². The molecule has 1 atom stereocenters. The van der Waals surface area contributed by atoms with Crippen molar-refractivity contribution in [2.45, 2.75) is 131 Å². The van der Waals surface area contributed by atoms with Crippen LogP contribution in [0.5, 0.6) is 0 Å². The van der Waals surface area contributed by atoms with Gasteiger partial charge in [0, 0.05) is 12.0 Å². The SMILES string of the molecule is CCCCCCCCCCCC(=O)O[C@H](C)C(=O)NC(C)(C)CC(C)(C)C. The Morgan fingerprint density at radius 2 is 1.33 bits per heavy atom. The molecule has 0 fully saturated rings. The fourth-order valence-corrected chi connectivity index (χ4v) is 3.69. The predicted molar refractivity (Wildman–Crippen MR) is 114 cm³/mol. The number of ether oxygens (including phenoxy) is 1. The Morgan fingerprint density at radius 3 is 1.81 bits per heavy atom. The Hall–Kier alpha value is -1.06. The minimum absolute atomic E-state index is 0.118. The summed E-state index contributed by atoms with van der Waals surface area (Å²) in [6, 6.07) is 0. The van der Waals surface area contributed by atoms with Crippen LogP contribution in [-0.4, -0.2) is 23.5 Å². The quantitative estimate of drug-likeness (QED) is 0.288. The first-order valence-electron chi connectivity index (χ1n) is 11.0. The van der Waals surface area contributed by atoms with Crippen molar-refractivity contribution in [3.63, 3.8) is 0 Å². The first-order chi connectivity index (χ1) is 12.5. The van der Waals surface area contributed by atoms with Gasteiger partial charge in [0.1, 0.15) is 0 Å². The minimum atomic E-state index is -0.740. The Balaban J connectivity index is 3.92. The summed E-state index contributed by atoms with van der Waals surface area (Å²) < 4.78 is 5.31. The summed E-state index contributed by atoms with van der Waals surface area (Å²) in [5.74, 6) is -0.487. The highest BCUT2D eigenvalue weighted by molar-refractivity contribution is 5.83. The maximum atomic E-state index is 12.3. The molecule has 0 aliphatic rings. The Bertz CT molecular complexity index is 424. The summed E-state index contributed by atoms with van der Waals surface area (Å²) >= 11 is 0. The Labute approximate surface area is 168 Å². The number of carbonyl (C=O) groups excluding carboxylic acids is 2. The molecule has 0 radical (unpaired) electrons. The minimum Gasteiger partial charge on any atom is -0.453 e. The second-order valence-corrected chi connectivity index (χ2v) is 9.82. The zero-order chi connectivity index (χ0) is 20.9. The third-order valence-electron chi connectivity index (χ3n) is 4.60. The molecule has 0 bridgehead atoms. The largest absolute Gasteiger partial charge is 0.453 e. The van der Waals surface area contributed by atoms with E-state index in [9.17, 15) is 9.59 Å². The van der Waals surface area contributed by atoms with E-state index in [-0.39, 0.29) is 22.8 Å². The van der Waals surface area contributed by atoms with Crippen molar-refractivity contribution in [2.24, 2.45) is 5.41 Å². The summed E-state index contributed by atoms with van der Waals surface area (Å²) in [6.07, 6.45) is 11.4. The van der Waals surface area contributed by atoms with Gasteiger partial charge in [0.05, 0.1) is 0 Å². The van der Waals surface area contributed by atoms with Gasteiger partial charge < -0.3 is 10.1 Å². The first kappa shape index (κ1) is 25.9. The van der Waals surface area contributed by atoms with Gasteiger partial charge in [-0.25, -0.2) is 0 Å². The molecule has 0 aromatic carbocycles. The third kappa shape index (κ3) is 15.7. The second kappa shape index (κ2) is 13.2. The van der Waals surface area contributed by atoms with Crippen LogP contribution in [0.1, 0.15) is 119 Å². The molecule has 0 saturated carbocycles. The van der Waals surface area contributed by atoms with Crippen LogP contribution >= 0.6 is 0 Å². The maximum Gasteiger partial charge on any atom is 0.306 e. The number of carbonyl (C=O) groups is 2. The number of esters is 1.